The highest BCUT2D eigenvalue weighted by atomic mass is 19.4. The molecule has 0 fully saturated rings. The smallest absolute Gasteiger partial charge is 0.347 e. The van der Waals surface area contributed by atoms with Gasteiger partial charge in [0.2, 0.25) is 0 Å². The maximum Gasteiger partial charge on any atom is 0.435 e. The van der Waals surface area contributed by atoms with Crippen molar-refractivity contribution in [2.45, 2.75) is 46.0 Å². The number of benzene rings is 1. The SMILES string of the molecule is CC(C)(C)Cn1cc(C(N)C(F)F)c2ccc(-c3nccnc3C(F)(F)F)cc21. The standard InChI is InChI=1S/C20H21F5N4/c1-19(2,3)10-29-9-13(15(26)18(21)22)12-5-4-11(8-14(12)29)16-17(20(23,24)25)28-7-6-27-16/h4-9,15,18H,10,26H2,1-3H3. The first kappa shape index (κ1) is 21.2. The maximum atomic E-state index is 13.3. The Morgan fingerprint density at radius 3 is 2.31 bits per heavy atom. The van der Waals surface area contributed by atoms with E-state index >= 15 is 0 Å². The van der Waals surface area contributed by atoms with Gasteiger partial charge in [0.1, 0.15) is 5.69 Å². The van der Waals surface area contributed by atoms with Crippen molar-refractivity contribution >= 4 is 10.9 Å². The Labute approximate surface area is 164 Å². The van der Waals surface area contributed by atoms with Crippen LogP contribution in [0.5, 0.6) is 0 Å². The number of hydrogen-bond donors (Lipinski definition) is 1. The summed E-state index contributed by atoms with van der Waals surface area (Å²) in [6, 6.07) is 2.95. The van der Waals surface area contributed by atoms with Crippen LogP contribution in [0.3, 0.4) is 0 Å². The molecule has 2 heterocycles. The number of aromatic nitrogens is 3. The molecular formula is C20H21F5N4. The fraction of sp³-hybridized carbons (Fsp3) is 0.400. The molecule has 3 aromatic rings. The van der Waals surface area contributed by atoms with E-state index in [1.54, 1.807) is 10.8 Å². The molecule has 1 atom stereocenters. The average Bonchev–Trinajstić information content (AvgIpc) is 2.96. The van der Waals surface area contributed by atoms with Gasteiger partial charge in [0.25, 0.3) is 6.43 Å². The molecule has 156 valence electrons. The molecule has 9 heteroatoms. The van der Waals surface area contributed by atoms with Gasteiger partial charge < -0.3 is 10.3 Å². The van der Waals surface area contributed by atoms with Crippen molar-refractivity contribution in [1.82, 2.24) is 14.5 Å². The molecule has 0 saturated heterocycles. The molecule has 2 aromatic heterocycles. The third-order valence-electron chi connectivity index (χ3n) is 4.43. The third kappa shape index (κ3) is 4.39. The average molecular weight is 412 g/mol. The van der Waals surface area contributed by atoms with Gasteiger partial charge >= 0.3 is 6.18 Å². The van der Waals surface area contributed by atoms with E-state index in [1.165, 1.54) is 24.4 Å². The fourth-order valence-electron chi connectivity index (χ4n) is 3.27. The monoisotopic (exact) mass is 412 g/mol. The van der Waals surface area contributed by atoms with Crippen LogP contribution in [0, 0.1) is 5.41 Å². The third-order valence-corrected chi connectivity index (χ3v) is 4.43. The predicted molar refractivity (Wildman–Crippen MR) is 100 cm³/mol. The van der Waals surface area contributed by atoms with E-state index in [2.05, 4.69) is 9.97 Å². The second kappa shape index (κ2) is 7.37. The zero-order valence-electron chi connectivity index (χ0n) is 16.1. The molecule has 4 nitrogen and oxygen atoms in total. The van der Waals surface area contributed by atoms with Gasteiger partial charge in [0.05, 0.1) is 6.04 Å². The van der Waals surface area contributed by atoms with Crippen molar-refractivity contribution in [3.05, 3.63) is 48.0 Å². The van der Waals surface area contributed by atoms with Gasteiger partial charge in [-0.15, -0.1) is 0 Å². The number of hydrogen-bond acceptors (Lipinski definition) is 3. The van der Waals surface area contributed by atoms with E-state index < -0.39 is 24.3 Å². The number of rotatable bonds is 4. The number of nitrogens with zero attached hydrogens (tertiary/aromatic N) is 3. The van der Waals surface area contributed by atoms with Gasteiger partial charge in [-0.1, -0.05) is 32.9 Å². The molecule has 0 saturated carbocycles. The van der Waals surface area contributed by atoms with Crippen LogP contribution in [0.1, 0.15) is 38.1 Å². The highest BCUT2D eigenvalue weighted by molar-refractivity contribution is 5.88. The Morgan fingerprint density at radius 2 is 1.72 bits per heavy atom. The van der Waals surface area contributed by atoms with Crippen LogP contribution in [0.2, 0.25) is 0 Å². The summed E-state index contributed by atoms with van der Waals surface area (Å²) in [6.45, 7) is 6.38. The molecule has 2 N–H and O–H groups in total. The summed E-state index contributed by atoms with van der Waals surface area (Å²) >= 11 is 0. The van der Waals surface area contributed by atoms with Crippen LogP contribution in [0.4, 0.5) is 22.0 Å². The van der Waals surface area contributed by atoms with Crippen LogP contribution in [-0.2, 0) is 12.7 Å². The lowest BCUT2D eigenvalue weighted by Crippen LogP contribution is -2.19. The molecule has 0 aliphatic rings. The summed E-state index contributed by atoms with van der Waals surface area (Å²) in [4.78, 5) is 7.29. The largest absolute Gasteiger partial charge is 0.435 e. The van der Waals surface area contributed by atoms with Crippen molar-refractivity contribution in [2.24, 2.45) is 11.1 Å². The molecule has 29 heavy (non-hydrogen) atoms. The Hall–Kier alpha value is -2.55. The maximum absolute atomic E-state index is 13.3. The van der Waals surface area contributed by atoms with Crippen LogP contribution in [0.25, 0.3) is 22.2 Å². The van der Waals surface area contributed by atoms with Gasteiger partial charge in [-0.25, -0.2) is 13.8 Å². The second-order valence-electron chi connectivity index (χ2n) is 8.12. The molecule has 3 rings (SSSR count). The fourth-order valence-corrected chi connectivity index (χ4v) is 3.27. The van der Waals surface area contributed by atoms with Crippen LogP contribution >= 0.6 is 0 Å². The van der Waals surface area contributed by atoms with Crippen molar-refractivity contribution in [2.75, 3.05) is 0 Å². The van der Waals surface area contributed by atoms with Crippen molar-refractivity contribution in [3.63, 3.8) is 0 Å². The zero-order chi connectivity index (χ0) is 21.6. The molecular weight excluding hydrogens is 391 g/mol. The predicted octanol–water partition coefficient (Wildman–Crippen LogP) is 5.43. The quantitative estimate of drug-likeness (QED) is 0.582. The topological polar surface area (TPSA) is 56.7 Å². The normalized spacial score (nSPS) is 14.0. The van der Waals surface area contributed by atoms with Gasteiger partial charge in [0, 0.05) is 47.2 Å². The molecule has 0 spiro atoms. The lowest BCUT2D eigenvalue weighted by molar-refractivity contribution is -0.140. The van der Waals surface area contributed by atoms with E-state index in [9.17, 15) is 22.0 Å². The minimum absolute atomic E-state index is 0.197. The first-order valence-corrected chi connectivity index (χ1v) is 8.93. The van der Waals surface area contributed by atoms with Crippen LogP contribution < -0.4 is 5.73 Å². The minimum atomic E-state index is -4.67. The highest BCUT2D eigenvalue weighted by Crippen LogP contribution is 2.37. The van der Waals surface area contributed by atoms with Crippen molar-refractivity contribution < 1.29 is 22.0 Å². The summed E-state index contributed by atoms with van der Waals surface area (Å²) in [5.74, 6) is 0. The molecule has 0 aliphatic carbocycles. The van der Waals surface area contributed by atoms with Crippen LogP contribution in [0.15, 0.2) is 36.8 Å². The first-order chi connectivity index (χ1) is 13.4. The summed E-state index contributed by atoms with van der Waals surface area (Å²) in [6.07, 6.45) is -3.72. The van der Waals surface area contributed by atoms with E-state index in [0.717, 1.165) is 6.20 Å². The molecule has 0 amide bonds. The van der Waals surface area contributed by atoms with E-state index in [0.29, 0.717) is 17.4 Å². The summed E-state index contributed by atoms with van der Waals surface area (Å²) in [5, 5.41) is 0.475. The number of halogens is 5. The Balaban J connectivity index is 2.23. The Morgan fingerprint density at radius 1 is 1.07 bits per heavy atom. The van der Waals surface area contributed by atoms with Gasteiger partial charge in [-0.2, -0.15) is 13.2 Å². The lowest BCUT2D eigenvalue weighted by atomic mass is 9.97. The van der Waals surface area contributed by atoms with Crippen molar-refractivity contribution in [3.8, 4) is 11.3 Å². The van der Waals surface area contributed by atoms with E-state index in [1.807, 2.05) is 20.8 Å². The molecule has 0 radical (unpaired) electrons. The summed E-state index contributed by atoms with van der Waals surface area (Å²) in [7, 11) is 0. The molecule has 1 aromatic carbocycles. The summed E-state index contributed by atoms with van der Waals surface area (Å²) < 4.78 is 68.3. The van der Waals surface area contributed by atoms with Gasteiger partial charge in [-0.3, -0.25) is 4.98 Å². The zero-order valence-corrected chi connectivity index (χ0v) is 16.1. The first-order valence-electron chi connectivity index (χ1n) is 8.93. The minimum Gasteiger partial charge on any atom is -0.347 e. The van der Waals surface area contributed by atoms with E-state index in [-0.39, 0.29) is 22.2 Å². The lowest BCUT2D eigenvalue weighted by Gasteiger charge is -2.20. The number of fused-ring (bicyclic) bond motifs is 1. The molecule has 0 bridgehead atoms. The number of alkyl halides is 5. The number of nitrogens with two attached hydrogens (primary N) is 1. The molecule has 0 aliphatic heterocycles. The van der Waals surface area contributed by atoms with Crippen LogP contribution in [-0.4, -0.2) is 21.0 Å². The summed E-state index contributed by atoms with van der Waals surface area (Å²) in [5.41, 5.74) is 5.03. The van der Waals surface area contributed by atoms with Crippen molar-refractivity contribution in [1.29, 1.82) is 0 Å². The molecule has 1 unspecified atom stereocenters. The Bertz CT molecular complexity index is 1020. The van der Waals surface area contributed by atoms with E-state index in [4.69, 9.17) is 5.73 Å². The van der Waals surface area contributed by atoms with Gasteiger partial charge in [-0.05, 0) is 11.5 Å². The Kier molecular flexibility index (Phi) is 5.38. The highest BCUT2D eigenvalue weighted by Gasteiger charge is 2.36. The van der Waals surface area contributed by atoms with Gasteiger partial charge in [0.15, 0.2) is 5.69 Å². The second-order valence-corrected chi connectivity index (χ2v) is 8.12.